The van der Waals surface area contributed by atoms with Gasteiger partial charge in [0.25, 0.3) is 0 Å². The lowest BCUT2D eigenvalue weighted by Crippen LogP contribution is -2.43. The second-order valence-corrected chi connectivity index (χ2v) is 6.13. The molecule has 1 saturated heterocycles. The van der Waals surface area contributed by atoms with Crippen LogP contribution in [0.2, 0.25) is 0 Å². The van der Waals surface area contributed by atoms with Gasteiger partial charge in [-0.05, 0) is 45.1 Å². The number of carbonyl (C=O) groups excluding carboxylic acids is 2. The Morgan fingerprint density at radius 2 is 1.95 bits per heavy atom. The van der Waals surface area contributed by atoms with E-state index in [1.54, 1.807) is 6.92 Å². The Morgan fingerprint density at radius 3 is 2.63 bits per heavy atom. The van der Waals surface area contributed by atoms with E-state index in [-0.39, 0.29) is 17.7 Å². The van der Waals surface area contributed by atoms with Crippen molar-refractivity contribution in [1.82, 2.24) is 10.2 Å². The predicted molar refractivity (Wildman–Crippen MR) is 74.9 cm³/mol. The Balaban J connectivity index is 1.81. The van der Waals surface area contributed by atoms with Crippen molar-refractivity contribution >= 4 is 11.7 Å². The highest BCUT2D eigenvalue weighted by Crippen LogP contribution is 2.27. The van der Waals surface area contributed by atoms with E-state index in [2.05, 4.69) is 10.2 Å². The smallest absolute Gasteiger partial charge is 0.234 e. The van der Waals surface area contributed by atoms with Crippen LogP contribution in [-0.2, 0) is 9.59 Å². The molecule has 1 saturated carbocycles. The van der Waals surface area contributed by atoms with E-state index in [9.17, 15) is 9.59 Å². The number of hydrogen-bond donors (Lipinski definition) is 1. The van der Waals surface area contributed by atoms with Gasteiger partial charge >= 0.3 is 0 Å². The van der Waals surface area contributed by atoms with Gasteiger partial charge in [0.2, 0.25) is 5.91 Å². The molecule has 1 aliphatic heterocycles. The fourth-order valence-corrected chi connectivity index (χ4v) is 2.83. The quantitative estimate of drug-likeness (QED) is 0.796. The summed E-state index contributed by atoms with van der Waals surface area (Å²) in [5.41, 5.74) is 0. The second kappa shape index (κ2) is 7.04. The molecule has 0 radical (unpaired) electrons. The van der Waals surface area contributed by atoms with Crippen molar-refractivity contribution in [1.29, 1.82) is 0 Å². The number of Topliss-reactive ketones (excluding diaryl/α,β-unsaturated/α-hetero) is 1. The maximum absolute atomic E-state index is 11.9. The Kier molecular flexibility index (Phi) is 5.37. The third-order valence-electron chi connectivity index (χ3n) is 4.15. The van der Waals surface area contributed by atoms with Gasteiger partial charge in [-0.3, -0.25) is 14.5 Å². The molecule has 1 N–H and O–H groups in total. The Morgan fingerprint density at radius 1 is 1.16 bits per heavy atom. The molecule has 1 aliphatic carbocycles. The van der Waals surface area contributed by atoms with Crippen molar-refractivity contribution in [2.75, 3.05) is 19.6 Å². The third kappa shape index (κ3) is 5.31. The van der Waals surface area contributed by atoms with Crippen LogP contribution in [0, 0.1) is 5.92 Å². The molecule has 0 aromatic heterocycles. The molecule has 0 bridgehead atoms. The summed E-state index contributed by atoms with van der Waals surface area (Å²) in [5, 5.41) is 3.02. The first-order chi connectivity index (χ1) is 9.15. The summed E-state index contributed by atoms with van der Waals surface area (Å²) < 4.78 is 0. The van der Waals surface area contributed by atoms with Crippen molar-refractivity contribution in [3.05, 3.63) is 0 Å². The van der Waals surface area contributed by atoms with Crippen LogP contribution in [0.25, 0.3) is 0 Å². The van der Waals surface area contributed by atoms with Gasteiger partial charge in [-0.15, -0.1) is 0 Å². The summed E-state index contributed by atoms with van der Waals surface area (Å²) in [6.45, 7) is 3.90. The standard InChI is InChI=1S/C15H26N2O2/c1-12(18)9-14-5-3-2-4-8-17(14)11-15(19)16-10-13-6-7-13/h13-14H,2-11H2,1H3,(H,16,19). The van der Waals surface area contributed by atoms with Gasteiger partial charge in [0.05, 0.1) is 6.54 Å². The van der Waals surface area contributed by atoms with Gasteiger partial charge in [0.15, 0.2) is 0 Å². The first-order valence-corrected chi connectivity index (χ1v) is 7.65. The molecule has 0 aromatic rings. The summed E-state index contributed by atoms with van der Waals surface area (Å²) in [6.07, 6.45) is 7.70. The molecule has 108 valence electrons. The predicted octanol–water partition coefficient (Wildman–Crippen LogP) is 1.74. The van der Waals surface area contributed by atoms with Crippen LogP contribution in [0.4, 0.5) is 0 Å². The zero-order chi connectivity index (χ0) is 13.7. The zero-order valence-electron chi connectivity index (χ0n) is 12.0. The third-order valence-corrected chi connectivity index (χ3v) is 4.15. The topological polar surface area (TPSA) is 49.4 Å². The molecule has 1 heterocycles. The van der Waals surface area contributed by atoms with E-state index < -0.39 is 0 Å². The first kappa shape index (κ1) is 14.5. The Bertz CT molecular complexity index is 326. The summed E-state index contributed by atoms with van der Waals surface area (Å²) in [4.78, 5) is 25.5. The van der Waals surface area contributed by atoms with Gasteiger partial charge < -0.3 is 5.32 Å². The molecular weight excluding hydrogens is 240 g/mol. The lowest BCUT2D eigenvalue weighted by Gasteiger charge is -2.28. The number of ketones is 1. The molecule has 4 nitrogen and oxygen atoms in total. The maximum Gasteiger partial charge on any atom is 0.234 e. The molecule has 1 amide bonds. The minimum absolute atomic E-state index is 0.127. The van der Waals surface area contributed by atoms with Crippen LogP contribution < -0.4 is 5.32 Å². The van der Waals surface area contributed by atoms with Gasteiger partial charge in [-0.2, -0.15) is 0 Å². The molecule has 0 aromatic carbocycles. The van der Waals surface area contributed by atoms with Crippen LogP contribution >= 0.6 is 0 Å². The summed E-state index contributed by atoms with van der Waals surface area (Å²) in [5.74, 6) is 1.08. The van der Waals surface area contributed by atoms with Gasteiger partial charge in [-0.1, -0.05) is 12.8 Å². The second-order valence-electron chi connectivity index (χ2n) is 6.13. The molecule has 2 fully saturated rings. The molecule has 2 aliphatic rings. The molecular formula is C15H26N2O2. The highest BCUT2D eigenvalue weighted by Gasteiger charge is 2.25. The minimum atomic E-state index is 0.127. The van der Waals surface area contributed by atoms with Gasteiger partial charge in [0.1, 0.15) is 5.78 Å². The normalized spacial score (nSPS) is 24.8. The van der Waals surface area contributed by atoms with Crippen LogP contribution in [-0.4, -0.2) is 42.3 Å². The summed E-state index contributed by atoms with van der Waals surface area (Å²) >= 11 is 0. The van der Waals surface area contributed by atoms with E-state index in [0.717, 1.165) is 31.8 Å². The van der Waals surface area contributed by atoms with Crippen molar-refractivity contribution in [3.63, 3.8) is 0 Å². The average Bonchev–Trinajstić information content (AvgIpc) is 3.16. The largest absolute Gasteiger partial charge is 0.355 e. The van der Waals surface area contributed by atoms with E-state index in [4.69, 9.17) is 0 Å². The molecule has 19 heavy (non-hydrogen) atoms. The number of amides is 1. The SMILES string of the molecule is CC(=O)CC1CCCCCN1CC(=O)NCC1CC1. The molecule has 1 atom stereocenters. The first-order valence-electron chi connectivity index (χ1n) is 7.65. The van der Waals surface area contributed by atoms with Gasteiger partial charge in [-0.25, -0.2) is 0 Å². The highest BCUT2D eigenvalue weighted by molar-refractivity contribution is 5.78. The van der Waals surface area contributed by atoms with Crippen molar-refractivity contribution in [2.45, 2.75) is 57.9 Å². The fraction of sp³-hybridized carbons (Fsp3) is 0.867. The van der Waals surface area contributed by atoms with Crippen LogP contribution in [0.5, 0.6) is 0 Å². The average molecular weight is 266 g/mol. The summed E-state index contributed by atoms with van der Waals surface area (Å²) in [6, 6.07) is 0.270. The monoisotopic (exact) mass is 266 g/mol. The number of nitrogens with zero attached hydrogens (tertiary/aromatic N) is 1. The number of likely N-dealkylation sites (tertiary alicyclic amines) is 1. The molecule has 1 unspecified atom stereocenters. The molecule has 0 spiro atoms. The lowest BCUT2D eigenvalue weighted by molar-refractivity contribution is -0.124. The zero-order valence-corrected chi connectivity index (χ0v) is 12.0. The van der Waals surface area contributed by atoms with Crippen LogP contribution in [0.15, 0.2) is 0 Å². The Hall–Kier alpha value is -0.900. The highest BCUT2D eigenvalue weighted by atomic mass is 16.2. The van der Waals surface area contributed by atoms with Crippen molar-refractivity contribution < 1.29 is 9.59 Å². The van der Waals surface area contributed by atoms with E-state index in [1.807, 2.05) is 0 Å². The Labute approximate surface area is 115 Å². The van der Waals surface area contributed by atoms with Crippen LogP contribution in [0.1, 0.15) is 51.9 Å². The number of nitrogens with one attached hydrogen (secondary N) is 1. The number of rotatable bonds is 6. The van der Waals surface area contributed by atoms with E-state index in [1.165, 1.54) is 25.7 Å². The van der Waals surface area contributed by atoms with Crippen LogP contribution in [0.3, 0.4) is 0 Å². The summed E-state index contributed by atoms with van der Waals surface area (Å²) in [7, 11) is 0. The van der Waals surface area contributed by atoms with E-state index in [0.29, 0.717) is 13.0 Å². The minimum Gasteiger partial charge on any atom is -0.355 e. The molecule has 2 rings (SSSR count). The fourth-order valence-electron chi connectivity index (χ4n) is 2.83. The van der Waals surface area contributed by atoms with Gasteiger partial charge in [0, 0.05) is 19.0 Å². The number of hydrogen-bond acceptors (Lipinski definition) is 3. The maximum atomic E-state index is 11.9. The van der Waals surface area contributed by atoms with E-state index >= 15 is 0 Å². The molecule has 4 heteroatoms. The van der Waals surface area contributed by atoms with Crippen molar-refractivity contribution in [2.24, 2.45) is 5.92 Å². The number of carbonyl (C=O) groups is 2. The van der Waals surface area contributed by atoms with Crippen molar-refractivity contribution in [3.8, 4) is 0 Å². The lowest BCUT2D eigenvalue weighted by atomic mass is 10.0.